The van der Waals surface area contributed by atoms with E-state index in [2.05, 4.69) is 20.8 Å². The van der Waals surface area contributed by atoms with E-state index in [-0.39, 0.29) is 17.6 Å². The maximum atomic E-state index is 12.7. The number of anilines is 2. The van der Waals surface area contributed by atoms with Crippen molar-refractivity contribution < 1.29 is 9.59 Å². The number of hydrogen-bond donors (Lipinski definition) is 2. The Morgan fingerprint density at radius 1 is 0.935 bits per heavy atom. The largest absolute Gasteiger partial charge is 0.325 e. The molecule has 0 spiro atoms. The van der Waals surface area contributed by atoms with Crippen LogP contribution in [0.3, 0.4) is 0 Å². The van der Waals surface area contributed by atoms with Gasteiger partial charge in [-0.1, -0.05) is 82.7 Å². The fourth-order valence-corrected chi connectivity index (χ4v) is 4.65. The van der Waals surface area contributed by atoms with Crippen LogP contribution in [0.15, 0.2) is 65.0 Å². The molecule has 0 radical (unpaired) electrons. The van der Waals surface area contributed by atoms with Gasteiger partial charge in [-0.3, -0.25) is 14.9 Å². The van der Waals surface area contributed by atoms with E-state index in [0.717, 1.165) is 10.8 Å². The third kappa shape index (κ3) is 5.34. The summed E-state index contributed by atoms with van der Waals surface area (Å²) in [4.78, 5) is 24.8. The first-order chi connectivity index (χ1) is 15.0. The number of nitrogens with zero attached hydrogens (tertiary/aromatic N) is 2. The van der Waals surface area contributed by atoms with Crippen molar-refractivity contribution in [2.24, 2.45) is 0 Å². The second-order valence-electron chi connectivity index (χ2n) is 6.32. The summed E-state index contributed by atoms with van der Waals surface area (Å²) in [6.07, 6.45) is 0. The molecule has 3 aromatic carbocycles. The predicted molar refractivity (Wildman–Crippen MR) is 128 cm³/mol. The second-order valence-corrected chi connectivity index (χ2v) is 9.33. The first-order valence-corrected chi connectivity index (χ1v) is 11.6. The Balaban J connectivity index is 1.35. The molecule has 0 saturated carbocycles. The SMILES string of the molecule is O=C(CSc1nnc(NC(=O)c2cccc3ccccc23)s1)Nc1ccc(Cl)c(Cl)c1. The number of hydrogen-bond acceptors (Lipinski definition) is 6. The fourth-order valence-electron chi connectivity index (χ4n) is 2.80. The molecule has 0 unspecified atom stereocenters. The maximum Gasteiger partial charge on any atom is 0.258 e. The number of benzene rings is 3. The Hall–Kier alpha value is -2.65. The number of carbonyl (C=O) groups excluding carboxylic acids is 2. The molecule has 0 aliphatic rings. The number of aromatic nitrogens is 2. The van der Waals surface area contributed by atoms with Crippen molar-refractivity contribution in [2.45, 2.75) is 4.34 Å². The molecule has 0 fully saturated rings. The van der Waals surface area contributed by atoms with Crippen molar-refractivity contribution in [3.63, 3.8) is 0 Å². The van der Waals surface area contributed by atoms with Crippen molar-refractivity contribution >= 4 is 79.7 Å². The van der Waals surface area contributed by atoms with Gasteiger partial charge in [-0.15, -0.1) is 10.2 Å². The van der Waals surface area contributed by atoms with Crippen molar-refractivity contribution in [3.05, 3.63) is 76.3 Å². The average molecular weight is 489 g/mol. The summed E-state index contributed by atoms with van der Waals surface area (Å²) in [6.45, 7) is 0. The van der Waals surface area contributed by atoms with Crippen LogP contribution in [0.5, 0.6) is 0 Å². The molecule has 0 saturated heterocycles. The van der Waals surface area contributed by atoms with Crippen LogP contribution in [-0.4, -0.2) is 27.8 Å². The summed E-state index contributed by atoms with van der Waals surface area (Å²) in [7, 11) is 0. The van der Waals surface area contributed by atoms with Gasteiger partial charge < -0.3 is 5.32 Å². The third-order valence-electron chi connectivity index (χ3n) is 4.19. The zero-order valence-electron chi connectivity index (χ0n) is 15.8. The molecule has 31 heavy (non-hydrogen) atoms. The highest BCUT2D eigenvalue weighted by molar-refractivity contribution is 8.01. The van der Waals surface area contributed by atoms with Gasteiger partial charge in [0.05, 0.1) is 15.8 Å². The monoisotopic (exact) mass is 488 g/mol. The van der Waals surface area contributed by atoms with E-state index < -0.39 is 0 Å². The summed E-state index contributed by atoms with van der Waals surface area (Å²) in [5.74, 6) is -0.353. The molecule has 0 aliphatic heterocycles. The Kier molecular flexibility index (Phi) is 6.72. The van der Waals surface area contributed by atoms with Crippen molar-refractivity contribution in [1.82, 2.24) is 10.2 Å². The Labute approximate surface area is 196 Å². The number of carbonyl (C=O) groups is 2. The molecule has 10 heteroatoms. The molecule has 0 atom stereocenters. The number of fused-ring (bicyclic) bond motifs is 1. The minimum atomic E-state index is -0.262. The van der Waals surface area contributed by atoms with Crippen molar-refractivity contribution in [3.8, 4) is 0 Å². The van der Waals surface area contributed by atoms with Crippen molar-refractivity contribution in [1.29, 1.82) is 0 Å². The average Bonchev–Trinajstić information content (AvgIpc) is 3.21. The summed E-state index contributed by atoms with van der Waals surface area (Å²) in [5.41, 5.74) is 1.11. The van der Waals surface area contributed by atoms with Gasteiger partial charge >= 0.3 is 0 Å². The van der Waals surface area contributed by atoms with Crippen LogP contribution in [-0.2, 0) is 4.79 Å². The van der Waals surface area contributed by atoms with Gasteiger partial charge in [0.25, 0.3) is 5.91 Å². The number of nitrogens with one attached hydrogen (secondary N) is 2. The van der Waals surface area contributed by atoms with E-state index in [1.165, 1.54) is 23.1 Å². The van der Waals surface area contributed by atoms with Gasteiger partial charge in [-0.25, -0.2) is 0 Å². The molecule has 1 heterocycles. The highest BCUT2D eigenvalue weighted by Gasteiger charge is 2.14. The predicted octanol–water partition coefficient (Wildman–Crippen LogP) is 5.98. The fraction of sp³-hybridized carbons (Fsp3) is 0.0476. The summed E-state index contributed by atoms with van der Waals surface area (Å²) >= 11 is 14.3. The molecule has 2 N–H and O–H groups in total. The molecular weight excluding hydrogens is 475 g/mol. The highest BCUT2D eigenvalue weighted by Crippen LogP contribution is 2.28. The van der Waals surface area contributed by atoms with Gasteiger partial charge in [0.1, 0.15) is 0 Å². The van der Waals surface area contributed by atoms with Gasteiger partial charge in [-0.2, -0.15) is 0 Å². The molecule has 0 aliphatic carbocycles. The minimum absolute atomic E-state index is 0.131. The zero-order valence-corrected chi connectivity index (χ0v) is 18.9. The maximum absolute atomic E-state index is 12.7. The molecule has 0 bridgehead atoms. The summed E-state index contributed by atoms with van der Waals surface area (Å²) in [6, 6.07) is 18.1. The minimum Gasteiger partial charge on any atom is -0.325 e. The Morgan fingerprint density at radius 2 is 1.74 bits per heavy atom. The first kappa shape index (κ1) is 21.6. The van der Waals surface area contributed by atoms with Crippen LogP contribution >= 0.6 is 46.3 Å². The number of halogens is 2. The molecule has 4 rings (SSSR count). The normalized spacial score (nSPS) is 10.8. The van der Waals surface area contributed by atoms with Crippen molar-refractivity contribution in [2.75, 3.05) is 16.4 Å². The Morgan fingerprint density at radius 3 is 2.58 bits per heavy atom. The molecule has 4 aromatic rings. The molecule has 1 aromatic heterocycles. The summed E-state index contributed by atoms with van der Waals surface area (Å²) < 4.78 is 0.567. The molecule has 156 valence electrons. The van der Waals surface area contributed by atoms with Crippen LogP contribution < -0.4 is 10.6 Å². The lowest BCUT2D eigenvalue weighted by Gasteiger charge is -2.05. The number of amides is 2. The van der Waals surface area contributed by atoms with E-state index in [4.69, 9.17) is 23.2 Å². The van der Waals surface area contributed by atoms with Crippen LogP contribution in [0.25, 0.3) is 10.8 Å². The standard InChI is InChI=1S/C21H14Cl2N4O2S2/c22-16-9-8-13(10-17(16)23)24-18(28)11-30-21-27-26-20(31-21)25-19(29)15-7-3-5-12-4-1-2-6-14(12)15/h1-10H,11H2,(H,24,28)(H,25,26,29). The lowest BCUT2D eigenvalue weighted by molar-refractivity contribution is -0.113. The van der Waals surface area contributed by atoms with Gasteiger partial charge in [0, 0.05) is 11.3 Å². The van der Waals surface area contributed by atoms with E-state index in [9.17, 15) is 9.59 Å². The van der Waals surface area contributed by atoms with E-state index >= 15 is 0 Å². The van der Waals surface area contributed by atoms with Crippen LogP contribution in [0.1, 0.15) is 10.4 Å². The number of thioether (sulfide) groups is 1. The van der Waals surface area contributed by atoms with Crippen LogP contribution in [0.2, 0.25) is 10.0 Å². The third-order valence-corrected chi connectivity index (χ3v) is 6.90. The number of rotatable bonds is 6. The van der Waals surface area contributed by atoms with Gasteiger partial charge in [0.15, 0.2) is 4.34 Å². The summed E-state index contributed by atoms with van der Waals surface area (Å²) in [5, 5.41) is 16.5. The first-order valence-electron chi connectivity index (χ1n) is 9.00. The quantitative estimate of drug-likeness (QED) is 0.257. The van der Waals surface area contributed by atoms with Gasteiger partial charge in [-0.05, 0) is 35.0 Å². The lowest BCUT2D eigenvalue weighted by Crippen LogP contribution is -2.13. The lowest BCUT2D eigenvalue weighted by atomic mass is 10.0. The highest BCUT2D eigenvalue weighted by atomic mass is 35.5. The second kappa shape index (κ2) is 9.65. The molecule has 6 nitrogen and oxygen atoms in total. The molecular formula is C21H14Cl2N4O2S2. The van der Waals surface area contributed by atoms with E-state index in [1.807, 2.05) is 36.4 Å². The smallest absolute Gasteiger partial charge is 0.258 e. The topological polar surface area (TPSA) is 84.0 Å². The molecule has 2 amide bonds. The van der Waals surface area contributed by atoms with Gasteiger partial charge in [0.2, 0.25) is 11.0 Å². The Bertz CT molecular complexity index is 1270. The van der Waals surface area contributed by atoms with Crippen LogP contribution in [0.4, 0.5) is 10.8 Å². The van der Waals surface area contributed by atoms with Crippen LogP contribution in [0, 0.1) is 0 Å². The van der Waals surface area contributed by atoms with E-state index in [0.29, 0.717) is 30.8 Å². The zero-order chi connectivity index (χ0) is 21.8. The van der Waals surface area contributed by atoms with E-state index in [1.54, 1.807) is 24.3 Å².